The fourth-order valence-electron chi connectivity index (χ4n) is 2.70. The highest BCUT2D eigenvalue weighted by Crippen LogP contribution is 2.30. The largest absolute Gasteiger partial charge is 0.501 e. The third kappa shape index (κ3) is 3.17. The molecule has 0 saturated carbocycles. The molecule has 0 atom stereocenters. The van der Waals surface area contributed by atoms with Gasteiger partial charge in [-0.15, -0.1) is 0 Å². The van der Waals surface area contributed by atoms with Crippen LogP contribution in [0.15, 0.2) is 60.4 Å². The van der Waals surface area contributed by atoms with Gasteiger partial charge in [-0.1, -0.05) is 30.3 Å². The van der Waals surface area contributed by atoms with Crippen molar-refractivity contribution < 1.29 is 9.13 Å². The van der Waals surface area contributed by atoms with Crippen LogP contribution in [-0.2, 0) is 4.74 Å². The second kappa shape index (κ2) is 6.50. The molecule has 23 heavy (non-hydrogen) atoms. The highest BCUT2D eigenvalue weighted by molar-refractivity contribution is 5.72. The van der Waals surface area contributed by atoms with Gasteiger partial charge in [0.05, 0.1) is 24.5 Å². The van der Waals surface area contributed by atoms with Crippen molar-refractivity contribution in [1.82, 2.24) is 0 Å². The van der Waals surface area contributed by atoms with E-state index in [1.165, 1.54) is 0 Å². The average molecular weight is 305 g/mol. The third-order valence-electron chi connectivity index (χ3n) is 4.04. The number of methoxy groups -OCH3 is 1. The quantitative estimate of drug-likeness (QED) is 0.793. The van der Waals surface area contributed by atoms with Crippen LogP contribution in [0.2, 0.25) is 0 Å². The first-order valence-electron chi connectivity index (χ1n) is 7.45. The molecule has 0 aliphatic heterocycles. The molecule has 0 fully saturated rings. The molecule has 2 aromatic carbocycles. The number of benzene rings is 2. The molecule has 1 aliphatic carbocycles. The molecule has 114 valence electrons. The van der Waals surface area contributed by atoms with Gasteiger partial charge in [-0.25, -0.2) is 4.39 Å². The van der Waals surface area contributed by atoms with Gasteiger partial charge in [0.15, 0.2) is 0 Å². The topological polar surface area (TPSA) is 33.0 Å². The smallest absolute Gasteiger partial charge is 0.131 e. The maximum Gasteiger partial charge on any atom is 0.131 e. The minimum absolute atomic E-state index is 0.255. The van der Waals surface area contributed by atoms with Crippen LogP contribution < -0.4 is 0 Å². The van der Waals surface area contributed by atoms with E-state index >= 15 is 0 Å². The van der Waals surface area contributed by atoms with E-state index in [-0.39, 0.29) is 5.82 Å². The summed E-state index contributed by atoms with van der Waals surface area (Å²) in [5, 5.41) is 8.83. The van der Waals surface area contributed by atoms with Gasteiger partial charge in [0.25, 0.3) is 0 Å². The summed E-state index contributed by atoms with van der Waals surface area (Å²) < 4.78 is 19.7. The Morgan fingerprint density at radius 2 is 1.74 bits per heavy atom. The zero-order valence-corrected chi connectivity index (χ0v) is 12.8. The van der Waals surface area contributed by atoms with E-state index in [4.69, 9.17) is 10.00 Å². The summed E-state index contributed by atoms with van der Waals surface area (Å²) >= 11 is 0. The van der Waals surface area contributed by atoms with Crippen molar-refractivity contribution in [2.24, 2.45) is 0 Å². The van der Waals surface area contributed by atoms with Gasteiger partial charge >= 0.3 is 0 Å². The maximum atomic E-state index is 14.5. The van der Waals surface area contributed by atoms with Gasteiger partial charge in [0, 0.05) is 12.0 Å². The predicted octanol–water partition coefficient (Wildman–Crippen LogP) is 5.07. The summed E-state index contributed by atoms with van der Waals surface area (Å²) in [4.78, 5) is 0. The molecule has 0 aromatic heterocycles. The Hall–Kier alpha value is -2.86. The number of nitrogens with zero attached hydrogens (tertiary/aromatic N) is 1. The first-order chi connectivity index (χ1) is 11.2. The Kier molecular flexibility index (Phi) is 4.25. The lowest BCUT2D eigenvalue weighted by Crippen LogP contribution is -1.96. The standard InChI is InChI=1S/C20H16FNO/c1-23-18-9-6-15(7-10-18)17-8-11-19(20(21)12-17)16-4-2-14(13-22)3-5-16/h2-6,8-9,11-12H,7,10H2,1H3. The van der Waals surface area contributed by atoms with Crippen molar-refractivity contribution in [2.75, 3.05) is 7.11 Å². The van der Waals surface area contributed by atoms with Crippen molar-refractivity contribution in [2.45, 2.75) is 12.8 Å². The van der Waals surface area contributed by atoms with Crippen molar-refractivity contribution in [1.29, 1.82) is 5.26 Å². The molecule has 0 heterocycles. The van der Waals surface area contributed by atoms with E-state index in [1.54, 1.807) is 43.5 Å². The predicted molar refractivity (Wildman–Crippen MR) is 88.9 cm³/mol. The van der Waals surface area contributed by atoms with Crippen LogP contribution >= 0.6 is 0 Å². The van der Waals surface area contributed by atoms with Crippen LogP contribution in [0.5, 0.6) is 0 Å². The number of rotatable bonds is 3. The van der Waals surface area contributed by atoms with E-state index in [0.29, 0.717) is 11.1 Å². The molecule has 1 aliphatic rings. The zero-order valence-electron chi connectivity index (χ0n) is 12.8. The molecule has 0 bridgehead atoms. The molecule has 3 heteroatoms. The van der Waals surface area contributed by atoms with Gasteiger partial charge in [0.2, 0.25) is 0 Å². The molecule has 0 unspecified atom stereocenters. The van der Waals surface area contributed by atoms with Crippen LogP contribution in [0.4, 0.5) is 4.39 Å². The number of allylic oxidation sites excluding steroid dienone is 4. The molecule has 2 nitrogen and oxygen atoms in total. The lowest BCUT2D eigenvalue weighted by Gasteiger charge is -2.15. The van der Waals surface area contributed by atoms with E-state index in [1.807, 2.05) is 18.2 Å². The van der Waals surface area contributed by atoms with Gasteiger partial charge in [-0.05, 0) is 47.4 Å². The summed E-state index contributed by atoms with van der Waals surface area (Å²) in [6.45, 7) is 0. The fraction of sp³-hybridized carbons (Fsp3) is 0.150. The summed E-state index contributed by atoms with van der Waals surface area (Å²) in [6, 6.07) is 14.3. The van der Waals surface area contributed by atoms with E-state index < -0.39 is 0 Å². The summed E-state index contributed by atoms with van der Waals surface area (Å²) in [5.41, 5.74) is 3.89. The second-order valence-electron chi connectivity index (χ2n) is 5.41. The van der Waals surface area contributed by atoms with Crippen molar-refractivity contribution in [3.8, 4) is 17.2 Å². The van der Waals surface area contributed by atoms with Crippen molar-refractivity contribution >= 4 is 5.57 Å². The van der Waals surface area contributed by atoms with Crippen LogP contribution in [0.3, 0.4) is 0 Å². The fourth-order valence-corrected chi connectivity index (χ4v) is 2.70. The highest BCUT2D eigenvalue weighted by Gasteiger charge is 2.12. The minimum atomic E-state index is -0.255. The Balaban J connectivity index is 1.91. The van der Waals surface area contributed by atoms with Gasteiger partial charge in [0.1, 0.15) is 5.82 Å². The number of hydrogen-bond donors (Lipinski definition) is 0. The average Bonchev–Trinajstić information content (AvgIpc) is 2.62. The Bertz CT molecular complexity index is 826. The molecule has 2 aromatic rings. The maximum absolute atomic E-state index is 14.5. The van der Waals surface area contributed by atoms with Crippen LogP contribution in [0.25, 0.3) is 16.7 Å². The monoisotopic (exact) mass is 305 g/mol. The number of hydrogen-bond acceptors (Lipinski definition) is 2. The van der Waals surface area contributed by atoms with Crippen molar-refractivity contribution in [3.05, 3.63) is 77.3 Å². The van der Waals surface area contributed by atoms with Crippen LogP contribution in [0, 0.1) is 17.1 Å². The normalized spacial score (nSPS) is 13.8. The van der Waals surface area contributed by atoms with E-state index in [0.717, 1.165) is 35.3 Å². The van der Waals surface area contributed by atoms with Gasteiger partial charge in [-0.2, -0.15) is 5.26 Å². The summed E-state index contributed by atoms with van der Waals surface area (Å²) in [5.74, 6) is 0.693. The molecule has 0 amide bonds. The molecule has 3 rings (SSSR count). The lowest BCUT2D eigenvalue weighted by molar-refractivity contribution is 0.277. The number of nitriles is 1. The molecule has 0 N–H and O–H groups in total. The first kappa shape index (κ1) is 15.1. The van der Waals surface area contributed by atoms with Crippen LogP contribution in [0.1, 0.15) is 24.0 Å². The zero-order chi connectivity index (χ0) is 16.2. The third-order valence-corrected chi connectivity index (χ3v) is 4.04. The van der Waals surface area contributed by atoms with Gasteiger partial charge in [-0.3, -0.25) is 0 Å². The van der Waals surface area contributed by atoms with E-state index in [9.17, 15) is 4.39 Å². The van der Waals surface area contributed by atoms with E-state index in [2.05, 4.69) is 6.07 Å². The molecule has 0 spiro atoms. The summed E-state index contributed by atoms with van der Waals surface area (Å²) in [7, 11) is 1.66. The number of ether oxygens (including phenoxy) is 1. The van der Waals surface area contributed by atoms with Crippen LogP contribution in [-0.4, -0.2) is 7.11 Å². The molecule has 0 saturated heterocycles. The first-order valence-corrected chi connectivity index (χ1v) is 7.45. The molecular formula is C20H16FNO. The SMILES string of the molecule is COC1=CC=C(c2ccc(-c3ccc(C#N)cc3)c(F)c2)CC1. The number of halogens is 1. The highest BCUT2D eigenvalue weighted by atomic mass is 19.1. The molecule has 0 radical (unpaired) electrons. The Morgan fingerprint density at radius 1 is 1.00 bits per heavy atom. The minimum Gasteiger partial charge on any atom is -0.501 e. The van der Waals surface area contributed by atoms with Crippen molar-refractivity contribution in [3.63, 3.8) is 0 Å². The van der Waals surface area contributed by atoms with Gasteiger partial charge < -0.3 is 4.74 Å². The summed E-state index contributed by atoms with van der Waals surface area (Å²) in [6.07, 6.45) is 5.60. The second-order valence-corrected chi connectivity index (χ2v) is 5.41. The molecular weight excluding hydrogens is 289 g/mol. The Labute approximate surface area is 135 Å². The Morgan fingerprint density at radius 3 is 2.30 bits per heavy atom. The lowest BCUT2D eigenvalue weighted by atomic mass is 9.94.